The molecular weight excluding hydrogens is 349 g/mol. The molecule has 3 N–H and O–H groups in total. The zero-order valence-corrected chi connectivity index (χ0v) is 12.8. The van der Waals surface area contributed by atoms with Crippen molar-refractivity contribution in [3.8, 4) is 0 Å². The minimum absolute atomic E-state index is 0.0995. The van der Waals surface area contributed by atoms with Crippen LogP contribution in [0.15, 0.2) is 39.8 Å². The van der Waals surface area contributed by atoms with Crippen LogP contribution in [-0.4, -0.2) is 13.4 Å². The molecule has 0 radical (unpaired) electrons. The van der Waals surface area contributed by atoms with Crippen molar-refractivity contribution in [2.24, 2.45) is 0 Å². The van der Waals surface area contributed by atoms with Crippen molar-refractivity contribution in [3.63, 3.8) is 0 Å². The van der Waals surface area contributed by atoms with Gasteiger partial charge in [0, 0.05) is 16.4 Å². The molecule has 2 aromatic rings. The molecule has 1 aromatic carbocycles. The van der Waals surface area contributed by atoms with Crippen molar-refractivity contribution in [2.45, 2.75) is 11.8 Å². The molecule has 20 heavy (non-hydrogen) atoms. The molecule has 5 nitrogen and oxygen atoms in total. The molecule has 0 saturated heterocycles. The molecule has 0 fully saturated rings. The third kappa shape index (κ3) is 3.07. The highest BCUT2D eigenvalue weighted by atomic mass is 79.9. The van der Waals surface area contributed by atoms with Crippen molar-refractivity contribution >= 4 is 37.3 Å². The highest BCUT2D eigenvalue weighted by molar-refractivity contribution is 9.10. The Morgan fingerprint density at radius 3 is 2.70 bits per heavy atom. The molecule has 1 aromatic heterocycles. The maximum absolute atomic E-state index is 13.2. The number of nitrogens with one attached hydrogen (secondary N) is 1. The number of sulfonamides is 1. The van der Waals surface area contributed by atoms with E-state index in [1.165, 1.54) is 12.3 Å². The van der Waals surface area contributed by atoms with Gasteiger partial charge in [0.15, 0.2) is 0 Å². The fourth-order valence-corrected chi connectivity index (χ4v) is 3.67. The van der Waals surface area contributed by atoms with Crippen molar-refractivity contribution in [2.75, 3.05) is 10.5 Å². The fraction of sp³-hybridized carbons (Fsp3) is 0.0833. The van der Waals surface area contributed by atoms with Gasteiger partial charge in [-0.15, -0.1) is 0 Å². The van der Waals surface area contributed by atoms with E-state index < -0.39 is 15.8 Å². The van der Waals surface area contributed by atoms with Gasteiger partial charge in [-0.05, 0) is 47.1 Å². The molecule has 106 valence electrons. The van der Waals surface area contributed by atoms with Gasteiger partial charge < -0.3 is 5.73 Å². The third-order valence-electron chi connectivity index (χ3n) is 2.49. The first-order chi connectivity index (χ1) is 9.29. The van der Waals surface area contributed by atoms with E-state index in [0.717, 1.165) is 12.1 Å². The molecule has 0 bridgehead atoms. The van der Waals surface area contributed by atoms with Gasteiger partial charge in [0.2, 0.25) is 0 Å². The predicted molar refractivity (Wildman–Crippen MR) is 78.3 cm³/mol. The van der Waals surface area contributed by atoms with Crippen LogP contribution < -0.4 is 10.5 Å². The molecule has 0 amide bonds. The smallest absolute Gasteiger partial charge is 0.263 e. The highest BCUT2D eigenvalue weighted by Gasteiger charge is 2.20. The third-order valence-corrected chi connectivity index (χ3v) is 4.83. The van der Waals surface area contributed by atoms with E-state index in [4.69, 9.17) is 5.73 Å². The monoisotopic (exact) mass is 359 g/mol. The van der Waals surface area contributed by atoms with E-state index in [1.807, 2.05) is 0 Å². The van der Waals surface area contributed by atoms with Crippen LogP contribution in [0.3, 0.4) is 0 Å². The minimum Gasteiger partial charge on any atom is -0.396 e. The number of pyridine rings is 1. The molecule has 0 spiro atoms. The summed E-state index contributed by atoms with van der Waals surface area (Å²) >= 11 is 3.02. The summed E-state index contributed by atoms with van der Waals surface area (Å²) in [4.78, 5) is 3.84. The molecular formula is C12H11BrFN3O2S. The van der Waals surface area contributed by atoms with E-state index in [2.05, 4.69) is 25.6 Å². The lowest BCUT2D eigenvalue weighted by Crippen LogP contribution is -2.14. The maximum Gasteiger partial charge on any atom is 0.263 e. The molecule has 1 heterocycles. The van der Waals surface area contributed by atoms with E-state index in [1.54, 1.807) is 13.0 Å². The second-order valence-corrected chi connectivity index (χ2v) is 6.60. The molecule has 0 saturated carbocycles. The van der Waals surface area contributed by atoms with Crippen LogP contribution in [0.5, 0.6) is 0 Å². The molecule has 0 aliphatic rings. The lowest BCUT2D eigenvalue weighted by molar-refractivity contribution is 0.599. The lowest BCUT2D eigenvalue weighted by Gasteiger charge is -2.11. The summed E-state index contributed by atoms with van der Waals surface area (Å²) in [6.07, 6.45) is 1.49. The first-order valence-corrected chi connectivity index (χ1v) is 7.77. The Hall–Kier alpha value is -1.67. The fourth-order valence-electron chi connectivity index (χ4n) is 1.57. The number of nitrogen functional groups attached to an aromatic ring is 1. The molecule has 0 aliphatic carbocycles. The zero-order valence-electron chi connectivity index (χ0n) is 10.4. The van der Waals surface area contributed by atoms with Gasteiger partial charge >= 0.3 is 0 Å². The number of aryl methyl sites for hydroxylation is 1. The van der Waals surface area contributed by atoms with Crippen molar-refractivity contribution in [1.82, 2.24) is 4.98 Å². The molecule has 8 heteroatoms. The number of hydrogen-bond acceptors (Lipinski definition) is 4. The molecule has 0 atom stereocenters. The van der Waals surface area contributed by atoms with Crippen LogP contribution in [-0.2, 0) is 10.0 Å². The Morgan fingerprint density at radius 2 is 2.05 bits per heavy atom. The minimum atomic E-state index is -3.87. The van der Waals surface area contributed by atoms with Crippen LogP contribution >= 0.6 is 15.9 Å². The number of nitrogens with zero attached hydrogens (tertiary/aromatic N) is 1. The lowest BCUT2D eigenvalue weighted by atomic mass is 10.3. The van der Waals surface area contributed by atoms with E-state index in [-0.39, 0.29) is 15.1 Å². The number of hydrogen-bond donors (Lipinski definition) is 2. The van der Waals surface area contributed by atoms with Crippen LogP contribution in [0.25, 0.3) is 0 Å². The summed E-state index contributed by atoms with van der Waals surface area (Å²) in [7, 11) is -3.87. The summed E-state index contributed by atoms with van der Waals surface area (Å²) < 4.78 is 40.3. The van der Waals surface area contributed by atoms with Crippen LogP contribution in [0.1, 0.15) is 5.69 Å². The van der Waals surface area contributed by atoms with Gasteiger partial charge in [0.1, 0.15) is 10.7 Å². The topological polar surface area (TPSA) is 85.1 Å². The summed E-state index contributed by atoms with van der Waals surface area (Å²) in [5.41, 5.74) is 6.21. The van der Waals surface area contributed by atoms with Gasteiger partial charge in [0.05, 0.1) is 11.4 Å². The molecule has 0 aliphatic heterocycles. The van der Waals surface area contributed by atoms with Crippen molar-refractivity contribution in [1.29, 1.82) is 0 Å². The Morgan fingerprint density at radius 1 is 1.35 bits per heavy atom. The number of benzene rings is 1. The Bertz CT molecular complexity index is 765. The first kappa shape index (κ1) is 14.7. The average molecular weight is 360 g/mol. The number of aromatic nitrogens is 1. The number of halogens is 2. The summed E-state index contributed by atoms with van der Waals surface area (Å²) in [6, 6.07) is 5.18. The molecule has 0 unspecified atom stereocenters. The predicted octanol–water partition coefficient (Wildman–Crippen LogP) is 2.67. The van der Waals surface area contributed by atoms with E-state index in [0.29, 0.717) is 11.4 Å². The largest absolute Gasteiger partial charge is 0.396 e. The summed E-state index contributed by atoms with van der Waals surface area (Å²) in [5, 5.41) is 0. The quantitative estimate of drug-likeness (QED) is 0.825. The summed E-state index contributed by atoms with van der Waals surface area (Å²) in [6.45, 7) is 1.74. The first-order valence-electron chi connectivity index (χ1n) is 5.49. The van der Waals surface area contributed by atoms with Gasteiger partial charge in [-0.2, -0.15) is 0 Å². The average Bonchev–Trinajstić information content (AvgIpc) is 2.33. The van der Waals surface area contributed by atoms with Crippen molar-refractivity contribution in [3.05, 3.63) is 46.4 Å². The normalized spacial score (nSPS) is 11.3. The SMILES string of the molecule is Cc1cc(NS(=O)(=O)c2cc(N)c(F)cc2Br)ccn1. The highest BCUT2D eigenvalue weighted by Crippen LogP contribution is 2.28. The van der Waals surface area contributed by atoms with Crippen LogP contribution in [0.2, 0.25) is 0 Å². The number of anilines is 2. The van der Waals surface area contributed by atoms with Crippen molar-refractivity contribution < 1.29 is 12.8 Å². The van der Waals surface area contributed by atoms with Gasteiger partial charge in [0.25, 0.3) is 10.0 Å². The second-order valence-electron chi connectivity index (χ2n) is 4.10. The molecule has 2 rings (SSSR count). The van der Waals surface area contributed by atoms with Crippen LogP contribution in [0.4, 0.5) is 15.8 Å². The summed E-state index contributed by atoms with van der Waals surface area (Å²) in [5.74, 6) is -0.685. The van der Waals surface area contributed by atoms with Gasteiger partial charge in [-0.3, -0.25) is 9.71 Å². The second kappa shape index (κ2) is 5.37. The number of nitrogens with two attached hydrogens (primary N) is 1. The Kier molecular flexibility index (Phi) is 3.96. The zero-order chi connectivity index (χ0) is 14.9. The van der Waals surface area contributed by atoms with Crippen LogP contribution in [0, 0.1) is 12.7 Å². The standard InChI is InChI=1S/C12H11BrFN3O2S/c1-7-4-8(2-3-16-7)17-20(18,19)12-6-11(15)10(14)5-9(12)13/h2-6H,15H2,1H3,(H,16,17). The maximum atomic E-state index is 13.2. The Labute approximate surface area is 124 Å². The van der Waals surface area contributed by atoms with Gasteiger partial charge in [-0.1, -0.05) is 0 Å². The van der Waals surface area contributed by atoms with E-state index in [9.17, 15) is 12.8 Å². The van der Waals surface area contributed by atoms with E-state index >= 15 is 0 Å². The number of rotatable bonds is 3. The van der Waals surface area contributed by atoms with Gasteiger partial charge in [-0.25, -0.2) is 12.8 Å². The Balaban J connectivity index is 2.43.